The minimum Gasteiger partial charge on any atom is -0.467 e. The first-order valence-electron chi connectivity index (χ1n) is 17.1. The van der Waals surface area contributed by atoms with Crippen LogP contribution in [0, 0.1) is 19.7 Å². The summed E-state index contributed by atoms with van der Waals surface area (Å²) in [6.07, 6.45) is 2.08. The minimum absolute atomic E-state index is 0.0187. The zero-order chi connectivity index (χ0) is 37.4. The molecule has 2 aliphatic heterocycles. The summed E-state index contributed by atoms with van der Waals surface area (Å²) in [5.41, 5.74) is 1.99. The van der Waals surface area contributed by atoms with Crippen LogP contribution in [-0.2, 0) is 14.4 Å². The van der Waals surface area contributed by atoms with E-state index in [1.165, 1.54) is 38.5 Å². The van der Waals surface area contributed by atoms with Crippen LogP contribution in [0.25, 0.3) is 0 Å². The number of likely N-dealkylation sites (tertiary alicyclic amines) is 1. The maximum Gasteiger partial charge on any atom is 0.441 e. The van der Waals surface area contributed by atoms with Crippen molar-refractivity contribution in [3.63, 3.8) is 0 Å². The normalized spacial score (nSPS) is 17.3. The summed E-state index contributed by atoms with van der Waals surface area (Å²) in [6.45, 7) is 4.85. The van der Waals surface area contributed by atoms with Crippen LogP contribution in [0.5, 0.6) is 11.5 Å². The molecule has 3 aromatic rings. The number of ketones is 2. The number of nitrogens with one attached hydrogen (secondary N) is 1. The van der Waals surface area contributed by atoms with Crippen molar-refractivity contribution in [2.24, 2.45) is 0 Å². The highest BCUT2D eigenvalue weighted by molar-refractivity contribution is 6.12. The molecule has 0 spiro atoms. The topological polar surface area (TPSA) is 153 Å². The first kappa shape index (κ1) is 38.2. The number of carbonyl (C=O) groups excluding carboxylic acids is 4. The van der Waals surface area contributed by atoms with Gasteiger partial charge in [0.1, 0.15) is 23.1 Å². The van der Waals surface area contributed by atoms with E-state index in [1.54, 1.807) is 38.1 Å². The summed E-state index contributed by atoms with van der Waals surface area (Å²) in [5.74, 6) is -1.79. The maximum atomic E-state index is 16.0. The fourth-order valence-corrected chi connectivity index (χ4v) is 6.88. The molecule has 2 amide bonds. The standard InChI is InChI=1S/C38H44FN3O10/c1-23-19-27(20-24(2)36(23)51-22-49-4)37(45)40-28-9-5-6-18-42(38(46)52-47)33(28)35(44)26-12-10-25(11-13-26)34(43)31-30(50-21-48-3)15-14-29(32(31)39)41-16-7-8-17-41/h10-15,19-20,28,33,47H,5-9,16-18,21-22H2,1-4H3,(H,40,45). The Bertz CT molecular complexity index is 1750. The Morgan fingerprint density at radius 2 is 1.44 bits per heavy atom. The molecule has 13 nitrogen and oxygen atoms in total. The van der Waals surface area contributed by atoms with E-state index in [0.29, 0.717) is 60.5 Å². The number of nitrogens with zero attached hydrogens (tertiary/aromatic N) is 2. The third-order valence-corrected chi connectivity index (χ3v) is 9.34. The lowest BCUT2D eigenvalue weighted by Crippen LogP contribution is -2.56. The summed E-state index contributed by atoms with van der Waals surface area (Å²) in [5, 5.41) is 12.3. The number of benzene rings is 3. The maximum absolute atomic E-state index is 16.0. The largest absolute Gasteiger partial charge is 0.467 e. The van der Waals surface area contributed by atoms with Crippen LogP contribution in [0.2, 0.25) is 0 Å². The van der Waals surface area contributed by atoms with Gasteiger partial charge in [0.05, 0.1) is 11.7 Å². The average molecular weight is 722 g/mol. The highest BCUT2D eigenvalue weighted by Crippen LogP contribution is 2.34. The van der Waals surface area contributed by atoms with Crippen LogP contribution in [0.4, 0.5) is 14.9 Å². The van der Waals surface area contributed by atoms with Crippen LogP contribution < -0.4 is 19.7 Å². The van der Waals surface area contributed by atoms with Crippen molar-refractivity contribution < 1.29 is 52.7 Å². The van der Waals surface area contributed by atoms with Crippen LogP contribution in [0.15, 0.2) is 48.5 Å². The molecule has 0 aliphatic carbocycles. The summed E-state index contributed by atoms with van der Waals surface area (Å²) < 4.78 is 37.2. The molecule has 2 fully saturated rings. The van der Waals surface area contributed by atoms with Gasteiger partial charge in [-0.3, -0.25) is 24.2 Å². The van der Waals surface area contributed by atoms with Crippen LogP contribution in [-0.4, -0.2) is 93.2 Å². The number of hydrogen-bond acceptors (Lipinski definition) is 11. The number of anilines is 1. The molecule has 14 heteroatoms. The lowest BCUT2D eigenvalue weighted by atomic mass is 9.92. The van der Waals surface area contributed by atoms with Gasteiger partial charge in [0.25, 0.3) is 5.91 Å². The van der Waals surface area contributed by atoms with E-state index in [9.17, 15) is 24.4 Å². The molecule has 0 bridgehead atoms. The van der Waals surface area contributed by atoms with Gasteiger partial charge in [0.15, 0.2) is 31.0 Å². The number of methoxy groups -OCH3 is 2. The molecule has 2 aliphatic rings. The first-order chi connectivity index (χ1) is 25.1. The van der Waals surface area contributed by atoms with Crippen molar-refractivity contribution >= 4 is 29.3 Å². The van der Waals surface area contributed by atoms with Gasteiger partial charge in [-0.15, -0.1) is 0 Å². The van der Waals surface area contributed by atoms with Crippen LogP contribution >= 0.6 is 0 Å². The summed E-state index contributed by atoms with van der Waals surface area (Å²) in [6, 6.07) is 9.93. The zero-order valence-corrected chi connectivity index (χ0v) is 29.7. The number of ether oxygens (including phenoxy) is 4. The van der Waals surface area contributed by atoms with Gasteiger partial charge in [0.2, 0.25) is 0 Å². The van der Waals surface area contributed by atoms with Gasteiger partial charge in [0, 0.05) is 50.5 Å². The predicted molar refractivity (Wildman–Crippen MR) is 188 cm³/mol. The molecular formula is C38H44FN3O10. The van der Waals surface area contributed by atoms with Crippen LogP contribution in [0.1, 0.15) is 79.9 Å². The van der Waals surface area contributed by atoms with E-state index in [1.807, 2.05) is 4.90 Å². The Hall–Kier alpha value is -5.05. The molecule has 0 radical (unpaired) electrons. The van der Waals surface area contributed by atoms with Crippen molar-refractivity contribution in [2.45, 2.75) is 58.0 Å². The second kappa shape index (κ2) is 17.4. The Morgan fingerprint density at radius 3 is 2.08 bits per heavy atom. The van der Waals surface area contributed by atoms with Crippen LogP contribution in [0.3, 0.4) is 0 Å². The molecule has 2 atom stereocenters. The summed E-state index contributed by atoms with van der Waals surface area (Å²) in [7, 11) is 2.92. The number of aryl methyl sites for hydroxylation is 2. The third kappa shape index (κ3) is 8.35. The number of amides is 2. The molecule has 5 rings (SSSR count). The molecule has 0 saturated carbocycles. The fraction of sp³-hybridized carbons (Fsp3) is 0.421. The van der Waals surface area contributed by atoms with E-state index >= 15 is 4.39 Å². The smallest absolute Gasteiger partial charge is 0.441 e. The average Bonchev–Trinajstić information content (AvgIpc) is 3.60. The molecular weight excluding hydrogens is 677 g/mol. The monoisotopic (exact) mass is 721 g/mol. The summed E-state index contributed by atoms with van der Waals surface area (Å²) >= 11 is 0. The number of Topliss-reactive ketones (excluding diaryl/α,β-unsaturated/α-hetero) is 1. The molecule has 52 heavy (non-hydrogen) atoms. The van der Waals surface area contributed by atoms with E-state index in [0.717, 1.165) is 17.7 Å². The lowest BCUT2D eigenvalue weighted by Gasteiger charge is -2.33. The quantitative estimate of drug-likeness (QED) is 0.0970. The third-order valence-electron chi connectivity index (χ3n) is 9.34. The van der Waals surface area contributed by atoms with E-state index < -0.39 is 41.5 Å². The van der Waals surface area contributed by atoms with Gasteiger partial charge in [-0.1, -0.05) is 24.3 Å². The van der Waals surface area contributed by atoms with Crippen molar-refractivity contribution in [1.82, 2.24) is 10.2 Å². The van der Waals surface area contributed by atoms with Gasteiger partial charge in [-0.2, -0.15) is 5.26 Å². The SMILES string of the molecule is COCOc1ccc(N2CCCC2)c(F)c1C(=O)c1ccc(C(=O)C2C(NC(=O)c3cc(C)c(OCOC)c(C)c3)CCCCN2C(=O)OO)cc1. The first-order valence-corrected chi connectivity index (χ1v) is 17.1. The van der Waals surface area contributed by atoms with E-state index in [2.05, 4.69) is 10.2 Å². The molecule has 0 aromatic heterocycles. The Kier molecular flexibility index (Phi) is 12.8. The van der Waals surface area contributed by atoms with Gasteiger partial charge >= 0.3 is 6.09 Å². The Labute approximate surface area is 301 Å². The minimum atomic E-state index is -1.26. The number of carbonyl (C=O) groups is 4. The summed E-state index contributed by atoms with van der Waals surface area (Å²) in [4.78, 5) is 61.5. The zero-order valence-electron chi connectivity index (χ0n) is 29.7. The second-order valence-electron chi connectivity index (χ2n) is 12.8. The predicted octanol–water partition coefficient (Wildman–Crippen LogP) is 5.68. The fourth-order valence-electron chi connectivity index (χ4n) is 6.88. The van der Waals surface area contributed by atoms with Gasteiger partial charge in [-0.25, -0.2) is 9.18 Å². The molecule has 2 unspecified atom stereocenters. The Morgan fingerprint density at radius 1 is 0.827 bits per heavy atom. The van der Waals surface area contributed by atoms with Gasteiger partial charge < -0.3 is 29.2 Å². The molecule has 278 valence electrons. The van der Waals surface area contributed by atoms with Crippen molar-refractivity contribution in [2.75, 3.05) is 52.3 Å². The lowest BCUT2D eigenvalue weighted by molar-refractivity contribution is -0.189. The molecule has 3 aromatic carbocycles. The number of rotatable bonds is 13. The van der Waals surface area contributed by atoms with Crippen molar-refractivity contribution in [3.05, 3.63) is 87.7 Å². The van der Waals surface area contributed by atoms with Crippen molar-refractivity contribution in [3.8, 4) is 11.5 Å². The highest BCUT2D eigenvalue weighted by atomic mass is 19.1. The molecule has 2 saturated heterocycles. The molecule has 2 N–H and O–H groups in total. The number of hydrogen-bond donors (Lipinski definition) is 2. The molecule has 2 heterocycles. The van der Waals surface area contributed by atoms with Crippen molar-refractivity contribution in [1.29, 1.82) is 0 Å². The Balaban J connectivity index is 1.43. The van der Waals surface area contributed by atoms with E-state index in [-0.39, 0.29) is 42.6 Å². The highest BCUT2D eigenvalue weighted by Gasteiger charge is 2.40. The second-order valence-corrected chi connectivity index (χ2v) is 12.8. The number of halogens is 1. The van der Waals surface area contributed by atoms with Gasteiger partial charge in [-0.05, 0) is 81.3 Å². The van der Waals surface area contributed by atoms with E-state index in [4.69, 9.17) is 18.9 Å².